The van der Waals surface area contributed by atoms with Gasteiger partial charge in [-0.2, -0.15) is 13.2 Å². The third-order valence-electron chi connectivity index (χ3n) is 1.85. The summed E-state index contributed by atoms with van der Waals surface area (Å²) in [6.07, 6.45) is -7.65. The molecule has 0 spiro atoms. The first-order valence-corrected chi connectivity index (χ1v) is 4.83. The van der Waals surface area contributed by atoms with Gasteiger partial charge in [0.15, 0.2) is 6.10 Å². The minimum atomic E-state index is -4.65. The number of benzene rings is 1. The molecule has 0 fully saturated rings. The van der Waals surface area contributed by atoms with Crippen molar-refractivity contribution in [3.63, 3.8) is 0 Å². The van der Waals surface area contributed by atoms with E-state index in [2.05, 4.69) is 15.9 Å². The van der Waals surface area contributed by atoms with Crippen LogP contribution in [0.25, 0.3) is 0 Å². The zero-order chi connectivity index (χ0) is 11.6. The van der Waals surface area contributed by atoms with Crippen molar-refractivity contribution in [3.05, 3.63) is 28.2 Å². The molecule has 1 aromatic carbocycles. The van der Waals surface area contributed by atoms with Crippen LogP contribution in [0.5, 0.6) is 5.75 Å². The number of rotatable bonds is 2. The van der Waals surface area contributed by atoms with Gasteiger partial charge in [0, 0.05) is 6.42 Å². The fraction of sp³-hybridized carbons (Fsp3) is 0.333. The van der Waals surface area contributed by atoms with Gasteiger partial charge >= 0.3 is 6.18 Å². The molecular formula is C9H8BrF3O2. The summed E-state index contributed by atoms with van der Waals surface area (Å²) in [4.78, 5) is 0. The molecule has 1 rings (SSSR count). The highest BCUT2D eigenvalue weighted by molar-refractivity contribution is 9.10. The van der Waals surface area contributed by atoms with Gasteiger partial charge in [-0.25, -0.2) is 0 Å². The van der Waals surface area contributed by atoms with E-state index in [1.165, 1.54) is 18.2 Å². The molecule has 1 atom stereocenters. The summed E-state index contributed by atoms with van der Waals surface area (Å²) in [5.41, 5.74) is 0.208. The number of hydrogen-bond acceptors (Lipinski definition) is 2. The van der Waals surface area contributed by atoms with Crippen molar-refractivity contribution in [2.75, 3.05) is 0 Å². The smallest absolute Gasteiger partial charge is 0.414 e. The van der Waals surface area contributed by atoms with Gasteiger partial charge in [-0.3, -0.25) is 0 Å². The molecule has 1 aromatic rings. The fourth-order valence-electron chi connectivity index (χ4n) is 1.05. The van der Waals surface area contributed by atoms with Crippen LogP contribution in [-0.2, 0) is 6.42 Å². The monoisotopic (exact) mass is 284 g/mol. The Hall–Kier alpha value is -0.750. The van der Waals surface area contributed by atoms with E-state index < -0.39 is 18.7 Å². The Labute approximate surface area is 92.5 Å². The maximum Gasteiger partial charge on any atom is 0.414 e. The van der Waals surface area contributed by atoms with E-state index in [9.17, 15) is 18.3 Å². The second-order valence-electron chi connectivity index (χ2n) is 3.01. The Balaban J connectivity index is 2.86. The standard InChI is InChI=1S/C9H8BrF3O2/c10-8-5(2-1-3-6(8)14)4-7(15)9(11,12)13/h1-3,7,14-15H,4H2. The van der Waals surface area contributed by atoms with Crippen molar-refractivity contribution in [2.45, 2.75) is 18.7 Å². The number of hydrogen-bond donors (Lipinski definition) is 2. The lowest BCUT2D eigenvalue weighted by Gasteiger charge is -2.15. The molecule has 0 heterocycles. The first kappa shape index (κ1) is 12.3. The molecule has 0 radical (unpaired) electrons. The normalized spacial score (nSPS) is 13.9. The van der Waals surface area contributed by atoms with Gasteiger partial charge in [0.05, 0.1) is 4.47 Å². The van der Waals surface area contributed by atoms with E-state index in [0.717, 1.165) is 0 Å². The van der Waals surface area contributed by atoms with Gasteiger partial charge in [0.1, 0.15) is 5.75 Å². The predicted octanol–water partition coefficient (Wildman–Crippen LogP) is 2.62. The molecule has 2 N–H and O–H groups in total. The van der Waals surface area contributed by atoms with Crippen LogP contribution in [0.15, 0.2) is 22.7 Å². The summed E-state index contributed by atoms with van der Waals surface area (Å²) in [6, 6.07) is 4.16. The van der Waals surface area contributed by atoms with Gasteiger partial charge in [-0.15, -0.1) is 0 Å². The summed E-state index contributed by atoms with van der Waals surface area (Å²) >= 11 is 2.95. The Morgan fingerprint density at radius 3 is 2.47 bits per heavy atom. The average molecular weight is 285 g/mol. The summed E-state index contributed by atoms with van der Waals surface area (Å²) < 4.78 is 36.3. The Morgan fingerprint density at radius 2 is 1.93 bits per heavy atom. The van der Waals surface area contributed by atoms with Crippen molar-refractivity contribution in [2.24, 2.45) is 0 Å². The Morgan fingerprint density at radius 1 is 1.33 bits per heavy atom. The molecule has 0 aromatic heterocycles. The van der Waals surface area contributed by atoms with Gasteiger partial charge < -0.3 is 10.2 Å². The molecule has 6 heteroatoms. The topological polar surface area (TPSA) is 40.5 Å². The molecule has 84 valence electrons. The number of aromatic hydroxyl groups is 1. The fourth-order valence-corrected chi connectivity index (χ4v) is 1.47. The van der Waals surface area contributed by atoms with Crippen LogP contribution in [-0.4, -0.2) is 22.5 Å². The van der Waals surface area contributed by atoms with E-state index in [-0.39, 0.29) is 15.8 Å². The van der Waals surface area contributed by atoms with E-state index in [4.69, 9.17) is 5.11 Å². The van der Waals surface area contributed by atoms with Crippen LogP contribution in [0, 0.1) is 0 Å². The quantitative estimate of drug-likeness (QED) is 0.877. The van der Waals surface area contributed by atoms with Crippen molar-refractivity contribution >= 4 is 15.9 Å². The minimum absolute atomic E-state index is 0.151. The highest BCUT2D eigenvalue weighted by Gasteiger charge is 2.38. The molecule has 0 aliphatic rings. The molecular weight excluding hydrogens is 277 g/mol. The van der Waals surface area contributed by atoms with Gasteiger partial charge in [0.25, 0.3) is 0 Å². The molecule has 2 nitrogen and oxygen atoms in total. The summed E-state index contributed by atoms with van der Waals surface area (Å²) in [7, 11) is 0. The molecule has 0 saturated heterocycles. The van der Waals surface area contributed by atoms with E-state index in [1.54, 1.807) is 0 Å². The number of phenols is 1. The molecule has 15 heavy (non-hydrogen) atoms. The highest BCUT2D eigenvalue weighted by atomic mass is 79.9. The first-order valence-electron chi connectivity index (χ1n) is 4.03. The summed E-state index contributed by atoms with van der Waals surface area (Å²) in [5, 5.41) is 18.0. The Bertz CT molecular complexity index is 352. The van der Waals surface area contributed by atoms with Gasteiger partial charge in [-0.1, -0.05) is 12.1 Å². The average Bonchev–Trinajstić information content (AvgIpc) is 2.11. The number of alkyl halides is 3. The van der Waals surface area contributed by atoms with E-state index in [1.807, 2.05) is 0 Å². The zero-order valence-electron chi connectivity index (χ0n) is 7.42. The molecule has 0 bridgehead atoms. The van der Waals surface area contributed by atoms with E-state index in [0.29, 0.717) is 0 Å². The number of aliphatic hydroxyl groups is 1. The zero-order valence-corrected chi connectivity index (χ0v) is 9.01. The predicted molar refractivity (Wildman–Crippen MR) is 51.6 cm³/mol. The minimum Gasteiger partial charge on any atom is -0.507 e. The van der Waals surface area contributed by atoms with Gasteiger partial charge in [-0.05, 0) is 27.6 Å². The van der Waals surface area contributed by atoms with Crippen molar-refractivity contribution < 1.29 is 23.4 Å². The highest BCUT2D eigenvalue weighted by Crippen LogP contribution is 2.30. The van der Waals surface area contributed by atoms with Crippen molar-refractivity contribution in [1.82, 2.24) is 0 Å². The Kier molecular flexibility index (Phi) is 3.62. The van der Waals surface area contributed by atoms with Crippen LogP contribution < -0.4 is 0 Å². The summed E-state index contributed by atoms with van der Waals surface area (Å²) in [5.74, 6) is -0.151. The lowest BCUT2D eigenvalue weighted by molar-refractivity contribution is -0.203. The summed E-state index contributed by atoms with van der Waals surface area (Å²) in [6.45, 7) is 0. The molecule has 0 aliphatic carbocycles. The third kappa shape index (κ3) is 3.10. The molecule has 0 saturated carbocycles. The molecule has 0 amide bonds. The number of halogens is 4. The largest absolute Gasteiger partial charge is 0.507 e. The van der Waals surface area contributed by atoms with E-state index >= 15 is 0 Å². The second kappa shape index (κ2) is 4.40. The van der Waals surface area contributed by atoms with Crippen molar-refractivity contribution in [1.29, 1.82) is 0 Å². The van der Waals surface area contributed by atoms with Crippen LogP contribution in [0.4, 0.5) is 13.2 Å². The third-order valence-corrected chi connectivity index (χ3v) is 2.76. The van der Waals surface area contributed by atoms with Crippen LogP contribution >= 0.6 is 15.9 Å². The second-order valence-corrected chi connectivity index (χ2v) is 3.80. The number of aliphatic hydroxyl groups excluding tert-OH is 1. The SMILES string of the molecule is Oc1cccc(CC(O)C(F)(F)F)c1Br. The molecule has 0 aliphatic heterocycles. The van der Waals surface area contributed by atoms with Crippen LogP contribution in [0.1, 0.15) is 5.56 Å². The lowest BCUT2D eigenvalue weighted by atomic mass is 10.1. The van der Waals surface area contributed by atoms with Crippen LogP contribution in [0.2, 0.25) is 0 Å². The molecule has 1 unspecified atom stereocenters. The van der Waals surface area contributed by atoms with Gasteiger partial charge in [0.2, 0.25) is 0 Å². The maximum absolute atomic E-state index is 12.0. The first-order chi connectivity index (χ1) is 6.82. The lowest BCUT2D eigenvalue weighted by Crippen LogP contribution is -2.30. The maximum atomic E-state index is 12.0. The number of phenolic OH excluding ortho intramolecular Hbond substituents is 1. The van der Waals surface area contributed by atoms with Crippen molar-refractivity contribution in [3.8, 4) is 5.75 Å². The van der Waals surface area contributed by atoms with Crippen LogP contribution in [0.3, 0.4) is 0 Å².